The summed E-state index contributed by atoms with van der Waals surface area (Å²) in [6.07, 6.45) is 4.61. The zero-order valence-electron chi connectivity index (χ0n) is 13.9. The predicted octanol–water partition coefficient (Wildman–Crippen LogP) is 4.30. The number of nitrogens with zero attached hydrogens (tertiary/aromatic N) is 4. The Bertz CT molecular complexity index is 840. The van der Waals surface area contributed by atoms with Crippen molar-refractivity contribution in [2.45, 2.75) is 49.9 Å². The molecule has 2 heterocycles. The molecule has 0 aliphatic heterocycles. The van der Waals surface area contributed by atoms with Crippen molar-refractivity contribution < 1.29 is 4.42 Å². The lowest BCUT2D eigenvalue weighted by Crippen LogP contribution is -2.07. The molecule has 3 aromatic rings. The molecule has 1 atom stereocenters. The highest BCUT2D eigenvalue weighted by Gasteiger charge is 2.24. The van der Waals surface area contributed by atoms with Crippen LogP contribution in [0.25, 0.3) is 5.69 Å². The van der Waals surface area contributed by atoms with Crippen LogP contribution in [-0.4, -0.2) is 19.7 Å². The molecule has 124 valence electrons. The monoisotopic (exact) mass is 340 g/mol. The van der Waals surface area contributed by atoms with E-state index in [0.29, 0.717) is 11.8 Å². The number of aryl methyl sites for hydroxylation is 2. The van der Waals surface area contributed by atoms with E-state index in [1.54, 1.807) is 11.8 Å². The Kier molecular flexibility index (Phi) is 4.14. The Morgan fingerprint density at radius 1 is 1.12 bits per heavy atom. The third kappa shape index (κ3) is 2.86. The second kappa shape index (κ2) is 6.43. The minimum absolute atomic E-state index is 0.0671. The summed E-state index contributed by atoms with van der Waals surface area (Å²) in [4.78, 5) is 4.94. The second-order valence-corrected chi connectivity index (χ2v) is 7.39. The van der Waals surface area contributed by atoms with Crippen LogP contribution in [0.1, 0.15) is 48.2 Å². The largest absolute Gasteiger partial charge is 0.424 e. The summed E-state index contributed by atoms with van der Waals surface area (Å²) in [5.74, 6) is 1.25. The van der Waals surface area contributed by atoms with Crippen molar-refractivity contribution >= 4 is 11.8 Å². The zero-order valence-corrected chi connectivity index (χ0v) is 14.7. The molecule has 24 heavy (non-hydrogen) atoms. The number of rotatable bonds is 4. The van der Waals surface area contributed by atoms with Gasteiger partial charge in [0.25, 0.3) is 0 Å². The van der Waals surface area contributed by atoms with Gasteiger partial charge >= 0.3 is 0 Å². The van der Waals surface area contributed by atoms with E-state index in [2.05, 4.69) is 46.0 Å². The van der Waals surface area contributed by atoms with Crippen LogP contribution in [0, 0.1) is 6.92 Å². The molecule has 0 amide bonds. The van der Waals surface area contributed by atoms with Gasteiger partial charge in [-0.1, -0.05) is 30.0 Å². The van der Waals surface area contributed by atoms with E-state index in [9.17, 15) is 0 Å². The highest BCUT2D eigenvalue weighted by atomic mass is 32.2. The molecule has 0 N–H and O–H groups in total. The SMILES string of the molecule is Cc1nnc(C(C)Sc2nc3c(n2-c2ccccc2)CCCC3)o1. The molecular formula is C18H20N4OS. The smallest absolute Gasteiger partial charge is 0.229 e. The van der Waals surface area contributed by atoms with Gasteiger partial charge in [-0.25, -0.2) is 4.98 Å². The maximum atomic E-state index is 5.59. The van der Waals surface area contributed by atoms with Gasteiger partial charge in [-0.3, -0.25) is 4.57 Å². The first-order valence-electron chi connectivity index (χ1n) is 8.35. The number of aromatic nitrogens is 4. The summed E-state index contributed by atoms with van der Waals surface area (Å²) in [5, 5.41) is 9.17. The van der Waals surface area contributed by atoms with Crippen molar-refractivity contribution in [2.24, 2.45) is 0 Å². The number of thioether (sulfide) groups is 1. The topological polar surface area (TPSA) is 56.7 Å². The van der Waals surface area contributed by atoms with Crippen molar-refractivity contribution in [3.05, 3.63) is 53.5 Å². The molecule has 1 aliphatic carbocycles. The van der Waals surface area contributed by atoms with Crippen molar-refractivity contribution in [3.63, 3.8) is 0 Å². The van der Waals surface area contributed by atoms with Crippen molar-refractivity contribution in [1.29, 1.82) is 0 Å². The van der Waals surface area contributed by atoms with E-state index in [0.717, 1.165) is 18.0 Å². The molecule has 0 radical (unpaired) electrons. The average molecular weight is 340 g/mol. The van der Waals surface area contributed by atoms with Crippen LogP contribution in [0.3, 0.4) is 0 Å². The van der Waals surface area contributed by atoms with Gasteiger partial charge in [0.2, 0.25) is 11.8 Å². The van der Waals surface area contributed by atoms with Crippen molar-refractivity contribution in [3.8, 4) is 5.69 Å². The molecular weight excluding hydrogens is 320 g/mol. The number of hydrogen-bond donors (Lipinski definition) is 0. The lowest BCUT2D eigenvalue weighted by Gasteiger charge is -2.15. The van der Waals surface area contributed by atoms with Crippen LogP contribution in [0.4, 0.5) is 0 Å². The molecule has 0 fully saturated rings. The minimum atomic E-state index is 0.0671. The standard InChI is InChI=1S/C18H20N4OS/c1-12(17-21-20-13(2)23-17)24-18-19-15-10-6-7-11-16(15)22(18)14-8-4-3-5-9-14/h3-5,8-9,12H,6-7,10-11H2,1-2H3. The third-order valence-corrected chi connectivity index (χ3v) is 5.33. The molecule has 5 nitrogen and oxygen atoms in total. The third-order valence-electron chi connectivity index (χ3n) is 4.29. The first-order chi connectivity index (χ1) is 11.7. The van der Waals surface area contributed by atoms with Crippen LogP contribution >= 0.6 is 11.8 Å². The van der Waals surface area contributed by atoms with Crippen molar-refractivity contribution in [1.82, 2.24) is 19.7 Å². The molecule has 1 aromatic carbocycles. The van der Waals surface area contributed by atoms with Crippen LogP contribution in [0.15, 0.2) is 39.9 Å². The van der Waals surface area contributed by atoms with E-state index in [1.807, 2.05) is 13.0 Å². The maximum absolute atomic E-state index is 5.59. The lowest BCUT2D eigenvalue weighted by atomic mass is 10.0. The summed E-state index contributed by atoms with van der Waals surface area (Å²) in [7, 11) is 0. The van der Waals surface area contributed by atoms with Gasteiger partial charge in [-0.05, 0) is 44.7 Å². The van der Waals surface area contributed by atoms with Crippen molar-refractivity contribution in [2.75, 3.05) is 0 Å². The number of para-hydroxylation sites is 1. The number of imidazole rings is 1. The Morgan fingerprint density at radius 3 is 2.67 bits per heavy atom. The molecule has 0 bridgehead atoms. The number of fused-ring (bicyclic) bond motifs is 1. The van der Waals surface area contributed by atoms with E-state index in [-0.39, 0.29) is 5.25 Å². The molecule has 4 rings (SSSR count). The summed E-state index contributed by atoms with van der Waals surface area (Å²) in [6.45, 7) is 3.90. The fourth-order valence-electron chi connectivity index (χ4n) is 3.12. The van der Waals surface area contributed by atoms with Crippen LogP contribution in [0.5, 0.6) is 0 Å². The molecule has 6 heteroatoms. The Morgan fingerprint density at radius 2 is 1.92 bits per heavy atom. The Labute approximate surface area is 145 Å². The summed E-state index contributed by atoms with van der Waals surface area (Å²) >= 11 is 1.68. The van der Waals surface area contributed by atoms with Gasteiger partial charge in [0.15, 0.2) is 5.16 Å². The van der Waals surface area contributed by atoms with E-state index in [1.165, 1.54) is 29.9 Å². The average Bonchev–Trinajstić information content (AvgIpc) is 3.19. The van der Waals surface area contributed by atoms with E-state index < -0.39 is 0 Å². The molecule has 0 saturated heterocycles. The highest BCUT2D eigenvalue weighted by molar-refractivity contribution is 7.99. The highest BCUT2D eigenvalue weighted by Crippen LogP contribution is 2.37. The van der Waals surface area contributed by atoms with E-state index >= 15 is 0 Å². The molecule has 0 saturated carbocycles. The van der Waals surface area contributed by atoms with Crippen LogP contribution in [-0.2, 0) is 12.8 Å². The first-order valence-corrected chi connectivity index (χ1v) is 9.23. The molecule has 1 aliphatic rings. The first kappa shape index (κ1) is 15.4. The van der Waals surface area contributed by atoms with E-state index in [4.69, 9.17) is 9.40 Å². The predicted molar refractivity (Wildman–Crippen MR) is 93.5 cm³/mol. The Balaban J connectivity index is 1.73. The van der Waals surface area contributed by atoms with Crippen LogP contribution < -0.4 is 0 Å². The second-order valence-electron chi connectivity index (χ2n) is 6.09. The number of hydrogen-bond acceptors (Lipinski definition) is 5. The molecule has 1 unspecified atom stereocenters. The van der Waals surface area contributed by atoms with Gasteiger partial charge in [-0.2, -0.15) is 0 Å². The zero-order chi connectivity index (χ0) is 16.5. The lowest BCUT2D eigenvalue weighted by molar-refractivity contribution is 0.470. The van der Waals surface area contributed by atoms with Gasteiger partial charge < -0.3 is 4.42 Å². The molecule has 0 spiro atoms. The van der Waals surface area contributed by atoms with Gasteiger partial charge in [0.1, 0.15) is 0 Å². The molecule has 2 aromatic heterocycles. The minimum Gasteiger partial charge on any atom is -0.424 e. The summed E-state index contributed by atoms with van der Waals surface area (Å²) < 4.78 is 7.89. The number of benzene rings is 1. The van der Waals surface area contributed by atoms with Crippen LogP contribution in [0.2, 0.25) is 0 Å². The normalized spacial score (nSPS) is 15.2. The fourth-order valence-corrected chi connectivity index (χ4v) is 4.12. The fraction of sp³-hybridized carbons (Fsp3) is 0.389. The summed E-state index contributed by atoms with van der Waals surface area (Å²) in [6, 6.07) is 10.5. The Hall–Kier alpha value is -2.08. The van der Waals surface area contributed by atoms with Gasteiger partial charge in [0.05, 0.1) is 10.9 Å². The quantitative estimate of drug-likeness (QED) is 0.663. The van der Waals surface area contributed by atoms with Gasteiger partial charge in [-0.15, -0.1) is 10.2 Å². The van der Waals surface area contributed by atoms with Gasteiger partial charge in [0, 0.05) is 18.3 Å². The maximum Gasteiger partial charge on any atom is 0.229 e. The summed E-state index contributed by atoms with van der Waals surface area (Å²) in [5.41, 5.74) is 3.76.